The first kappa shape index (κ1) is 24.3. The first-order chi connectivity index (χ1) is 19.5. The number of ether oxygens (including phenoxy) is 1. The molecule has 2 amide bonds. The largest absolute Gasteiger partial charge is 0.416 e. The molecule has 7 rings (SSSR count). The zero-order valence-corrected chi connectivity index (χ0v) is 22.3. The van der Waals surface area contributed by atoms with E-state index in [1.807, 2.05) is 37.3 Å². The molecule has 11 nitrogen and oxygen atoms in total. The van der Waals surface area contributed by atoms with Crippen molar-refractivity contribution in [1.82, 2.24) is 25.1 Å². The first-order valence-corrected chi connectivity index (χ1v) is 13.5. The van der Waals surface area contributed by atoms with Crippen LogP contribution in [-0.2, 0) is 11.2 Å². The third-order valence-electron chi connectivity index (χ3n) is 7.71. The maximum absolute atomic E-state index is 13.8. The second-order valence-corrected chi connectivity index (χ2v) is 10.4. The van der Waals surface area contributed by atoms with Crippen molar-refractivity contribution in [2.45, 2.75) is 39.3 Å². The van der Waals surface area contributed by atoms with Gasteiger partial charge in [0.15, 0.2) is 5.65 Å². The molecule has 0 saturated carbocycles. The van der Waals surface area contributed by atoms with Gasteiger partial charge < -0.3 is 14.5 Å². The van der Waals surface area contributed by atoms with E-state index in [1.54, 1.807) is 22.4 Å². The summed E-state index contributed by atoms with van der Waals surface area (Å²) in [5.41, 5.74) is 7.39. The summed E-state index contributed by atoms with van der Waals surface area (Å²) < 4.78 is 7.07. The standard InChI is InChI=1S/C29H28N8O3/c1-17-14-23-32-33-27(18(2)37(23)34-17)40-29(39)31-26-28(38)36-13-10-20-15-21(35-11-6-7-12-35)16-22(25(20)36)24(30-26)19-8-4-3-5-9-19/h3-5,8-9,14-16,26H,6-7,10-13H2,1-2H3,(H,31,39)/t26-/m0/s1. The average molecular weight is 537 g/mol. The van der Waals surface area contributed by atoms with E-state index < -0.39 is 12.3 Å². The molecule has 1 atom stereocenters. The monoisotopic (exact) mass is 536 g/mol. The Balaban J connectivity index is 1.26. The smallest absolute Gasteiger partial charge is 0.388 e. The Morgan fingerprint density at radius 2 is 1.82 bits per heavy atom. The maximum Gasteiger partial charge on any atom is 0.416 e. The molecule has 0 unspecified atom stereocenters. The van der Waals surface area contributed by atoms with E-state index in [4.69, 9.17) is 9.73 Å². The van der Waals surface area contributed by atoms with Gasteiger partial charge in [0.05, 0.1) is 17.1 Å². The van der Waals surface area contributed by atoms with Gasteiger partial charge in [-0.3, -0.25) is 10.1 Å². The number of carbonyl (C=O) groups excluding carboxylic acids is 2. The fourth-order valence-electron chi connectivity index (χ4n) is 5.80. The molecule has 40 heavy (non-hydrogen) atoms. The Labute approximate surface area is 230 Å². The molecule has 0 radical (unpaired) electrons. The second-order valence-electron chi connectivity index (χ2n) is 10.4. The molecule has 0 bridgehead atoms. The highest BCUT2D eigenvalue weighted by Gasteiger charge is 2.38. The van der Waals surface area contributed by atoms with E-state index >= 15 is 0 Å². The van der Waals surface area contributed by atoms with Gasteiger partial charge in [0.25, 0.3) is 11.8 Å². The van der Waals surface area contributed by atoms with Crippen LogP contribution in [0.5, 0.6) is 5.88 Å². The number of carbonyl (C=O) groups is 2. The van der Waals surface area contributed by atoms with Gasteiger partial charge in [0.2, 0.25) is 6.17 Å². The van der Waals surface area contributed by atoms with Crippen LogP contribution in [0.3, 0.4) is 0 Å². The molecule has 5 heterocycles. The molecule has 2 aromatic heterocycles. The molecule has 3 aliphatic rings. The Morgan fingerprint density at radius 1 is 1.02 bits per heavy atom. The van der Waals surface area contributed by atoms with Crippen molar-refractivity contribution in [3.8, 4) is 5.88 Å². The topological polar surface area (TPSA) is 117 Å². The van der Waals surface area contributed by atoms with Crippen LogP contribution >= 0.6 is 0 Å². The van der Waals surface area contributed by atoms with Crippen LogP contribution in [0.15, 0.2) is 53.5 Å². The molecular formula is C29H28N8O3. The van der Waals surface area contributed by atoms with E-state index in [0.717, 1.165) is 53.3 Å². The van der Waals surface area contributed by atoms with E-state index in [9.17, 15) is 9.59 Å². The maximum atomic E-state index is 13.8. The number of aliphatic imine (C=N–C) groups is 1. The number of nitrogens with one attached hydrogen (secondary N) is 1. The Kier molecular flexibility index (Phi) is 5.72. The number of amides is 2. The summed E-state index contributed by atoms with van der Waals surface area (Å²) in [7, 11) is 0. The average Bonchev–Trinajstić information content (AvgIpc) is 3.71. The Morgan fingerprint density at radius 3 is 2.62 bits per heavy atom. The summed E-state index contributed by atoms with van der Waals surface area (Å²) in [6, 6.07) is 15.9. The van der Waals surface area contributed by atoms with Crippen molar-refractivity contribution in [3.05, 3.63) is 76.6 Å². The van der Waals surface area contributed by atoms with Crippen molar-refractivity contribution in [3.63, 3.8) is 0 Å². The molecule has 2 aromatic carbocycles. The van der Waals surface area contributed by atoms with Gasteiger partial charge in [-0.15, -0.1) is 10.2 Å². The predicted molar refractivity (Wildman–Crippen MR) is 149 cm³/mol. The first-order valence-electron chi connectivity index (χ1n) is 13.5. The molecule has 0 spiro atoms. The zero-order chi connectivity index (χ0) is 27.4. The minimum absolute atomic E-state index is 0.00318. The fourth-order valence-corrected chi connectivity index (χ4v) is 5.80. The van der Waals surface area contributed by atoms with Gasteiger partial charge in [-0.2, -0.15) is 5.10 Å². The third kappa shape index (κ3) is 4.05. The highest BCUT2D eigenvalue weighted by molar-refractivity contribution is 6.21. The quantitative estimate of drug-likeness (QED) is 0.426. The number of aryl methyl sites for hydroxylation is 2. The van der Waals surface area contributed by atoms with E-state index in [0.29, 0.717) is 23.6 Å². The number of anilines is 2. The fraction of sp³-hybridized carbons (Fsp3) is 0.310. The number of benzene rings is 2. The van der Waals surface area contributed by atoms with Crippen LogP contribution in [0.25, 0.3) is 5.65 Å². The van der Waals surface area contributed by atoms with Crippen LogP contribution in [0.4, 0.5) is 16.2 Å². The highest BCUT2D eigenvalue weighted by Crippen LogP contribution is 2.40. The van der Waals surface area contributed by atoms with E-state index in [-0.39, 0.29) is 11.8 Å². The minimum atomic E-state index is -1.18. The summed E-state index contributed by atoms with van der Waals surface area (Å²) >= 11 is 0. The summed E-state index contributed by atoms with van der Waals surface area (Å²) in [6.07, 6.45) is 1.05. The van der Waals surface area contributed by atoms with Crippen molar-refractivity contribution in [1.29, 1.82) is 0 Å². The van der Waals surface area contributed by atoms with Crippen molar-refractivity contribution < 1.29 is 14.3 Å². The SMILES string of the molecule is Cc1cc2nnc(OC(=O)N[C@@H]3N=C(c4ccccc4)c4cc(N5CCCC5)cc5c4N(CC5)C3=O)c(C)n2n1. The van der Waals surface area contributed by atoms with Crippen LogP contribution in [0.2, 0.25) is 0 Å². The zero-order valence-electron chi connectivity index (χ0n) is 22.3. The number of fused-ring (bicyclic) bond motifs is 1. The number of hydrogen-bond donors (Lipinski definition) is 1. The van der Waals surface area contributed by atoms with Gasteiger partial charge >= 0.3 is 6.09 Å². The molecular weight excluding hydrogens is 508 g/mol. The predicted octanol–water partition coefficient (Wildman–Crippen LogP) is 3.20. The lowest BCUT2D eigenvalue weighted by atomic mass is 9.97. The number of aromatic nitrogens is 4. The lowest BCUT2D eigenvalue weighted by molar-refractivity contribution is -0.120. The summed E-state index contributed by atoms with van der Waals surface area (Å²) in [6.45, 7) is 6.13. The van der Waals surface area contributed by atoms with Gasteiger partial charge in [-0.25, -0.2) is 14.3 Å². The number of nitrogens with zero attached hydrogens (tertiary/aromatic N) is 7. The van der Waals surface area contributed by atoms with E-state index in [1.165, 1.54) is 12.8 Å². The van der Waals surface area contributed by atoms with Gasteiger partial charge in [0, 0.05) is 42.5 Å². The molecule has 4 aromatic rings. The van der Waals surface area contributed by atoms with Gasteiger partial charge in [-0.05, 0) is 50.8 Å². The molecule has 202 valence electrons. The summed E-state index contributed by atoms with van der Waals surface area (Å²) in [4.78, 5) is 35.9. The van der Waals surface area contributed by atoms with Crippen LogP contribution in [0, 0.1) is 13.8 Å². The molecule has 1 fully saturated rings. The van der Waals surface area contributed by atoms with E-state index in [2.05, 4.69) is 37.6 Å². The highest BCUT2D eigenvalue weighted by atomic mass is 16.6. The molecule has 0 aliphatic carbocycles. The summed E-state index contributed by atoms with van der Waals surface area (Å²) in [5.74, 6) is -0.304. The normalized spacial score (nSPS) is 18.1. The van der Waals surface area contributed by atoms with Crippen molar-refractivity contribution in [2.75, 3.05) is 29.4 Å². The lowest BCUT2D eigenvalue weighted by Crippen LogP contribution is -2.47. The van der Waals surface area contributed by atoms with Crippen molar-refractivity contribution in [2.24, 2.45) is 4.99 Å². The van der Waals surface area contributed by atoms with Gasteiger partial charge in [0.1, 0.15) is 5.69 Å². The lowest BCUT2D eigenvalue weighted by Gasteiger charge is -2.23. The Hall–Kier alpha value is -4.80. The van der Waals surface area contributed by atoms with Crippen molar-refractivity contribution >= 4 is 34.7 Å². The number of rotatable bonds is 4. The summed E-state index contributed by atoms with van der Waals surface area (Å²) in [5, 5.41) is 15.2. The Bertz CT molecular complexity index is 1690. The molecule has 1 N–H and O–H groups in total. The molecule has 11 heteroatoms. The van der Waals surface area contributed by atoms with Crippen LogP contribution in [-0.4, -0.2) is 63.3 Å². The minimum Gasteiger partial charge on any atom is -0.388 e. The molecule has 3 aliphatic heterocycles. The second kappa shape index (κ2) is 9.44. The van der Waals surface area contributed by atoms with Crippen LogP contribution < -0.4 is 19.9 Å². The third-order valence-corrected chi connectivity index (χ3v) is 7.71. The van der Waals surface area contributed by atoms with Crippen LogP contribution in [0.1, 0.15) is 40.9 Å². The molecule has 1 saturated heterocycles. The van der Waals surface area contributed by atoms with Gasteiger partial charge in [-0.1, -0.05) is 30.3 Å². The number of hydrogen-bond acceptors (Lipinski definition) is 8.